The SMILES string of the molecule is CC(C)(C(=O)NCCCNS(C)(=O)=O)c1ccccc1Cl. The van der Waals surface area contributed by atoms with Gasteiger partial charge in [-0.2, -0.15) is 0 Å². The Morgan fingerprint density at radius 3 is 2.43 bits per heavy atom. The molecule has 0 atom stereocenters. The van der Waals surface area contributed by atoms with Gasteiger partial charge < -0.3 is 5.32 Å². The smallest absolute Gasteiger partial charge is 0.230 e. The molecule has 0 radical (unpaired) electrons. The molecule has 0 aliphatic rings. The van der Waals surface area contributed by atoms with Crippen LogP contribution in [0, 0.1) is 0 Å². The highest BCUT2D eigenvalue weighted by atomic mass is 35.5. The van der Waals surface area contributed by atoms with Crippen molar-refractivity contribution in [2.45, 2.75) is 25.7 Å². The summed E-state index contributed by atoms with van der Waals surface area (Å²) < 4.78 is 24.2. The predicted molar refractivity (Wildman–Crippen MR) is 85.0 cm³/mol. The Hall–Kier alpha value is -1.11. The maximum atomic E-state index is 12.3. The Kier molecular flexibility index (Phi) is 6.19. The lowest BCUT2D eigenvalue weighted by atomic mass is 9.83. The van der Waals surface area contributed by atoms with E-state index in [9.17, 15) is 13.2 Å². The molecule has 0 heterocycles. The Balaban J connectivity index is 2.53. The fourth-order valence-corrected chi connectivity index (χ4v) is 2.75. The number of benzene rings is 1. The minimum atomic E-state index is -3.18. The summed E-state index contributed by atoms with van der Waals surface area (Å²) in [6.07, 6.45) is 1.63. The van der Waals surface area contributed by atoms with E-state index >= 15 is 0 Å². The lowest BCUT2D eigenvalue weighted by molar-refractivity contribution is -0.125. The van der Waals surface area contributed by atoms with E-state index in [0.29, 0.717) is 24.5 Å². The van der Waals surface area contributed by atoms with Crippen LogP contribution in [0.2, 0.25) is 5.02 Å². The Morgan fingerprint density at radius 1 is 1.24 bits per heavy atom. The van der Waals surface area contributed by atoms with Gasteiger partial charge in [0, 0.05) is 18.1 Å². The zero-order valence-electron chi connectivity index (χ0n) is 12.4. The largest absolute Gasteiger partial charge is 0.355 e. The van der Waals surface area contributed by atoms with Crippen LogP contribution in [0.25, 0.3) is 0 Å². The Bertz CT molecular complexity index is 600. The number of hydrogen-bond acceptors (Lipinski definition) is 3. The van der Waals surface area contributed by atoms with Crippen LogP contribution in [0.1, 0.15) is 25.8 Å². The molecule has 1 amide bonds. The second-order valence-electron chi connectivity index (χ2n) is 5.38. The van der Waals surface area contributed by atoms with E-state index in [1.165, 1.54) is 0 Å². The standard InChI is InChI=1S/C14H21ClN2O3S/c1-14(2,11-7-4-5-8-12(11)15)13(18)16-9-6-10-17-21(3,19)20/h4-5,7-8,17H,6,9-10H2,1-3H3,(H,16,18). The third-order valence-electron chi connectivity index (χ3n) is 3.12. The minimum absolute atomic E-state index is 0.144. The van der Waals surface area contributed by atoms with Gasteiger partial charge >= 0.3 is 0 Å². The van der Waals surface area contributed by atoms with Gasteiger partial charge in [0.2, 0.25) is 15.9 Å². The van der Waals surface area contributed by atoms with E-state index in [2.05, 4.69) is 10.0 Å². The fourth-order valence-electron chi connectivity index (χ4n) is 1.86. The number of nitrogens with one attached hydrogen (secondary N) is 2. The van der Waals surface area contributed by atoms with Crippen LogP contribution >= 0.6 is 11.6 Å². The van der Waals surface area contributed by atoms with Crippen LogP contribution in [0.5, 0.6) is 0 Å². The van der Waals surface area contributed by atoms with Crippen molar-refractivity contribution in [2.24, 2.45) is 0 Å². The minimum Gasteiger partial charge on any atom is -0.355 e. The first-order valence-electron chi connectivity index (χ1n) is 6.62. The molecule has 7 heteroatoms. The van der Waals surface area contributed by atoms with Crippen molar-refractivity contribution >= 4 is 27.5 Å². The van der Waals surface area contributed by atoms with E-state index in [0.717, 1.165) is 11.8 Å². The topological polar surface area (TPSA) is 75.3 Å². The molecule has 0 aliphatic heterocycles. The fraction of sp³-hybridized carbons (Fsp3) is 0.500. The second-order valence-corrected chi connectivity index (χ2v) is 7.62. The van der Waals surface area contributed by atoms with E-state index in [4.69, 9.17) is 11.6 Å². The molecule has 0 aliphatic carbocycles. The quantitative estimate of drug-likeness (QED) is 0.746. The van der Waals surface area contributed by atoms with Gasteiger partial charge in [0.1, 0.15) is 0 Å². The highest BCUT2D eigenvalue weighted by molar-refractivity contribution is 7.88. The summed E-state index contributed by atoms with van der Waals surface area (Å²) in [5.74, 6) is -0.144. The van der Waals surface area contributed by atoms with Crippen molar-refractivity contribution in [2.75, 3.05) is 19.3 Å². The summed E-state index contributed by atoms with van der Waals surface area (Å²) in [7, 11) is -3.18. The molecule has 1 aromatic rings. The molecule has 1 rings (SSSR count). The highest BCUT2D eigenvalue weighted by Crippen LogP contribution is 2.29. The Morgan fingerprint density at radius 2 is 1.86 bits per heavy atom. The molecule has 0 saturated carbocycles. The molecule has 0 saturated heterocycles. The lowest BCUT2D eigenvalue weighted by Gasteiger charge is -2.25. The van der Waals surface area contributed by atoms with Crippen LogP contribution in [0.15, 0.2) is 24.3 Å². The zero-order valence-corrected chi connectivity index (χ0v) is 14.0. The van der Waals surface area contributed by atoms with Crippen molar-refractivity contribution in [3.63, 3.8) is 0 Å². The number of hydrogen-bond donors (Lipinski definition) is 2. The maximum Gasteiger partial charge on any atom is 0.230 e. The number of amides is 1. The van der Waals surface area contributed by atoms with Gasteiger partial charge in [-0.05, 0) is 31.9 Å². The molecule has 5 nitrogen and oxygen atoms in total. The average molecular weight is 333 g/mol. The molecule has 0 spiro atoms. The summed E-state index contributed by atoms with van der Waals surface area (Å²) in [4.78, 5) is 12.3. The first kappa shape index (κ1) is 17.9. The maximum absolute atomic E-state index is 12.3. The molecule has 21 heavy (non-hydrogen) atoms. The van der Waals surface area contributed by atoms with Crippen molar-refractivity contribution in [3.8, 4) is 0 Å². The summed E-state index contributed by atoms with van der Waals surface area (Å²) in [5, 5.41) is 3.35. The summed E-state index contributed by atoms with van der Waals surface area (Å²) >= 11 is 6.13. The third-order valence-corrected chi connectivity index (χ3v) is 4.18. The van der Waals surface area contributed by atoms with E-state index < -0.39 is 15.4 Å². The average Bonchev–Trinajstić information content (AvgIpc) is 2.37. The van der Waals surface area contributed by atoms with Gasteiger partial charge in [-0.15, -0.1) is 0 Å². The van der Waals surface area contributed by atoms with Crippen molar-refractivity contribution in [3.05, 3.63) is 34.9 Å². The first-order valence-corrected chi connectivity index (χ1v) is 8.89. The molecule has 0 fully saturated rings. The van der Waals surface area contributed by atoms with Gasteiger partial charge in [-0.1, -0.05) is 29.8 Å². The van der Waals surface area contributed by atoms with E-state index in [1.54, 1.807) is 19.9 Å². The van der Waals surface area contributed by atoms with E-state index in [-0.39, 0.29) is 5.91 Å². The lowest BCUT2D eigenvalue weighted by Crippen LogP contribution is -2.41. The molecular formula is C14H21ClN2O3S. The monoisotopic (exact) mass is 332 g/mol. The molecular weight excluding hydrogens is 312 g/mol. The van der Waals surface area contributed by atoms with Gasteiger partial charge in [0.05, 0.1) is 11.7 Å². The van der Waals surface area contributed by atoms with Gasteiger partial charge in [-0.3, -0.25) is 4.79 Å². The van der Waals surface area contributed by atoms with Crippen molar-refractivity contribution in [1.82, 2.24) is 10.0 Å². The molecule has 0 aromatic heterocycles. The number of carbonyl (C=O) groups is 1. The summed E-state index contributed by atoms with van der Waals surface area (Å²) in [6, 6.07) is 7.23. The highest BCUT2D eigenvalue weighted by Gasteiger charge is 2.31. The van der Waals surface area contributed by atoms with E-state index in [1.807, 2.05) is 18.2 Å². The third kappa shape index (κ3) is 5.65. The molecule has 0 bridgehead atoms. The number of sulfonamides is 1. The van der Waals surface area contributed by atoms with Gasteiger partial charge in [-0.25, -0.2) is 13.1 Å². The normalized spacial score (nSPS) is 12.2. The summed E-state index contributed by atoms with van der Waals surface area (Å²) in [5.41, 5.74) is 0.0150. The van der Waals surface area contributed by atoms with Crippen LogP contribution in [-0.4, -0.2) is 33.7 Å². The Labute approximate surface area is 131 Å². The van der Waals surface area contributed by atoms with Crippen LogP contribution < -0.4 is 10.0 Å². The molecule has 1 aromatic carbocycles. The second kappa shape index (κ2) is 7.24. The van der Waals surface area contributed by atoms with Crippen LogP contribution in [0.3, 0.4) is 0 Å². The number of halogens is 1. The molecule has 118 valence electrons. The predicted octanol–water partition coefficient (Wildman–Crippen LogP) is 1.67. The zero-order chi connectivity index (χ0) is 16.1. The van der Waals surface area contributed by atoms with Crippen molar-refractivity contribution in [1.29, 1.82) is 0 Å². The number of carbonyl (C=O) groups excluding carboxylic acids is 1. The van der Waals surface area contributed by atoms with Crippen molar-refractivity contribution < 1.29 is 13.2 Å². The number of rotatable bonds is 7. The van der Waals surface area contributed by atoms with Gasteiger partial charge in [0.15, 0.2) is 0 Å². The first-order chi connectivity index (χ1) is 9.64. The van der Waals surface area contributed by atoms with Gasteiger partial charge in [0.25, 0.3) is 0 Å². The molecule has 0 unspecified atom stereocenters. The molecule has 2 N–H and O–H groups in total. The summed E-state index contributed by atoms with van der Waals surface area (Å²) in [6.45, 7) is 4.30. The van der Waals surface area contributed by atoms with Crippen LogP contribution in [0.4, 0.5) is 0 Å². The van der Waals surface area contributed by atoms with Crippen LogP contribution in [-0.2, 0) is 20.2 Å².